The van der Waals surface area contributed by atoms with Gasteiger partial charge in [0.2, 0.25) is 5.91 Å². The number of carbonyl (C=O) groups is 1. The van der Waals surface area contributed by atoms with Crippen molar-refractivity contribution in [2.75, 3.05) is 13.1 Å². The first-order valence-corrected chi connectivity index (χ1v) is 7.31. The smallest absolute Gasteiger partial charge is 0.224 e. The summed E-state index contributed by atoms with van der Waals surface area (Å²) in [7, 11) is 0. The van der Waals surface area contributed by atoms with Gasteiger partial charge in [0.25, 0.3) is 0 Å². The van der Waals surface area contributed by atoms with Crippen molar-refractivity contribution in [2.45, 2.75) is 26.3 Å². The Bertz CT molecular complexity index is 665. The van der Waals surface area contributed by atoms with Crippen LogP contribution in [-0.4, -0.2) is 19.0 Å². The largest absolute Gasteiger partial charge is 0.459 e. The third-order valence-electron chi connectivity index (χ3n) is 4.09. The van der Waals surface area contributed by atoms with E-state index in [1.165, 1.54) is 12.1 Å². The molecule has 2 heterocycles. The van der Waals surface area contributed by atoms with Crippen molar-refractivity contribution in [1.29, 1.82) is 0 Å². The van der Waals surface area contributed by atoms with Gasteiger partial charge >= 0.3 is 0 Å². The summed E-state index contributed by atoms with van der Waals surface area (Å²) in [5.74, 6) is 0.483. The first kappa shape index (κ1) is 16.8. The fourth-order valence-electron chi connectivity index (χ4n) is 2.80. The van der Waals surface area contributed by atoms with Crippen LogP contribution in [0.3, 0.4) is 0 Å². The number of halogens is 2. The van der Waals surface area contributed by atoms with Gasteiger partial charge in [-0.05, 0) is 44.5 Å². The van der Waals surface area contributed by atoms with E-state index < -0.39 is 0 Å². The number of hydrogen-bond donors (Lipinski definition) is 2. The Morgan fingerprint density at radius 3 is 3.05 bits per heavy atom. The number of aryl methyl sites for hydroxylation is 1. The number of amides is 1. The van der Waals surface area contributed by atoms with Crippen LogP contribution in [0.15, 0.2) is 22.6 Å². The number of furan rings is 1. The predicted molar refractivity (Wildman–Crippen MR) is 85.6 cm³/mol. The Labute approximate surface area is 134 Å². The molecule has 0 bridgehead atoms. The first-order valence-electron chi connectivity index (χ1n) is 7.31. The number of fused-ring (bicyclic) bond motifs is 1. The van der Waals surface area contributed by atoms with Crippen molar-refractivity contribution in [3.63, 3.8) is 0 Å². The summed E-state index contributed by atoms with van der Waals surface area (Å²) in [6, 6.07) is 4.46. The zero-order valence-corrected chi connectivity index (χ0v) is 13.3. The molecule has 1 aliphatic heterocycles. The van der Waals surface area contributed by atoms with Crippen molar-refractivity contribution in [3.8, 4) is 0 Å². The van der Waals surface area contributed by atoms with Crippen LogP contribution in [0.1, 0.15) is 24.2 Å². The van der Waals surface area contributed by atoms with Crippen LogP contribution in [0.5, 0.6) is 0 Å². The highest BCUT2D eigenvalue weighted by Crippen LogP contribution is 2.26. The third kappa shape index (κ3) is 3.42. The molecular weight excluding hydrogens is 307 g/mol. The molecule has 1 aromatic carbocycles. The fourth-order valence-corrected chi connectivity index (χ4v) is 2.80. The average molecular weight is 327 g/mol. The Balaban J connectivity index is 0.00000176. The highest BCUT2D eigenvalue weighted by Gasteiger charge is 2.21. The molecule has 120 valence electrons. The van der Waals surface area contributed by atoms with Crippen LogP contribution in [0, 0.1) is 18.7 Å². The monoisotopic (exact) mass is 326 g/mol. The minimum atomic E-state index is -0.282. The highest BCUT2D eigenvalue weighted by molar-refractivity contribution is 5.85. The quantitative estimate of drug-likeness (QED) is 0.912. The lowest BCUT2D eigenvalue weighted by atomic mass is 9.99. The molecule has 1 saturated heterocycles. The molecule has 1 atom stereocenters. The standard InChI is InChI=1S/C16H19FN2O2.ClH/c1-10-13-7-12(17)4-5-14(13)21-15(10)9-19-16(20)11-3-2-6-18-8-11;/h4-5,7,11,18H,2-3,6,8-9H2,1H3,(H,19,20);1H. The molecule has 1 fully saturated rings. The molecule has 2 aromatic rings. The molecule has 1 aromatic heterocycles. The van der Waals surface area contributed by atoms with Crippen LogP contribution >= 0.6 is 12.4 Å². The molecule has 1 unspecified atom stereocenters. The van der Waals surface area contributed by atoms with Gasteiger partial charge in [0, 0.05) is 17.5 Å². The number of carbonyl (C=O) groups excluding carboxylic acids is 1. The van der Waals surface area contributed by atoms with Gasteiger partial charge in [-0.2, -0.15) is 0 Å². The summed E-state index contributed by atoms with van der Waals surface area (Å²) >= 11 is 0. The molecule has 4 nitrogen and oxygen atoms in total. The van der Waals surface area contributed by atoms with E-state index in [-0.39, 0.29) is 30.0 Å². The lowest BCUT2D eigenvalue weighted by Gasteiger charge is -2.21. The number of hydrogen-bond acceptors (Lipinski definition) is 3. The van der Waals surface area contributed by atoms with Gasteiger partial charge in [-0.15, -0.1) is 12.4 Å². The van der Waals surface area contributed by atoms with E-state index in [2.05, 4.69) is 10.6 Å². The van der Waals surface area contributed by atoms with Crippen LogP contribution in [0.4, 0.5) is 4.39 Å². The third-order valence-corrected chi connectivity index (χ3v) is 4.09. The Morgan fingerprint density at radius 1 is 1.50 bits per heavy atom. The van der Waals surface area contributed by atoms with E-state index in [4.69, 9.17) is 4.42 Å². The van der Waals surface area contributed by atoms with Crippen molar-refractivity contribution < 1.29 is 13.6 Å². The molecular formula is C16H20ClFN2O2. The topological polar surface area (TPSA) is 54.3 Å². The van der Waals surface area contributed by atoms with Crippen LogP contribution in [0.2, 0.25) is 0 Å². The molecule has 0 spiro atoms. The van der Waals surface area contributed by atoms with Crippen LogP contribution < -0.4 is 10.6 Å². The van der Waals surface area contributed by atoms with Gasteiger partial charge in [0.15, 0.2) is 0 Å². The van der Waals surface area contributed by atoms with Crippen molar-refractivity contribution >= 4 is 29.3 Å². The molecule has 0 radical (unpaired) electrons. The van der Waals surface area contributed by atoms with Crippen LogP contribution in [0.25, 0.3) is 11.0 Å². The Kier molecular flexibility index (Phi) is 5.42. The van der Waals surface area contributed by atoms with Crippen molar-refractivity contribution in [1.82, 2.24) is 10.6 Å². The van der Waals surface area contributed by atoms with E-state index in [0.717, 1.165) is 36.9 Å². The summed E-state index contributed by atoms with van der Waals surface area (Å²) < 4.78 is 19.0. The normalized spacial score (nSPS) is 18.0. The summed E-state index contributed by atoms with van der Waals surface area (Å²) in [6.45, 7) is 3.95. The fraction of sp³-hybridized carbons (Fsp3) is 0.438. The van der Waals surface area contributed by atoms with Gasteiger partial charge in [0.1, 0.15) is 17.2 Å². The average Bonchev–Trinajstić information content (AvgIpc) is 2.82. The second-order valence-corrected chi connectivity index (χ2v) is 5.55. The van der Waals surface area contributed by atoms with Crippen molar-refractivity contribution in [2.24, 2.45) is 5.92 Å². The zero-order chi connectivity index (χ0) is 14.8. The molecule has 2 N–H and O–H groups in total. The minimum Gasteiger partial charge on any atom is -0.459 e. The van der Waals surface area contributed by atoms with E-state index in [0.29, 0.717) is 17.9 Å². The first-order chi connectivity index (χ1) is 10.1. The molecule has 1 amide bonds. The summed E-state index contributed by atoms with van der Waals surface area (Å²) in [5, 5.41) is 6.91. The number of nitrogens with one attached hydrogen (secondary N) is 2. The Morgan fingerprint density at radius 2 is 2.32 bits per heavy atom. The van der Waals surface area contributed by atoms with Gasteiger partial charge < -0.3 is 15.1 Å². The van der Waals surface area contributed by atoms with E-state index in [1.54, 1.807) is 6.07 Å². The molecule has 1 aliphatic rings. The minimum absolute atomic E-state index is 0. The molecule has 22 heavy (non-hydrogen) atoms. The maximum Gasteiger partial charge on any atom is 0.224 e. The predicted octanol–water partition coefficient (Wildman–Crippen LogP) is 2.92. The SMILES string of the molecule is Cc1c(CNC(=O)C2CCCNC2)oc2ccc(F)cc12.Cl. The van der Waals surface area contributed by atoms with Crippen LogP contribution in [-0.2, 0) is 11.3 Å². The maximum absolute atomic E-state index is 13.3. The molecule has 0 aliphatic carbocycles. The molecule has 3 rings (SSSR count). The summed E-state index contributed by atoms with van der Waals surface area (Å²) in [6.07, 6.45) is 1.95. The van der Waals surface area contributed by atoms with E-state index in [1.807, 2.05) is 6.92 Å². The molecule has 6 heteroatoms. The van der Waals surface area contributed by atoms with Gasteiger partial charge in [-0.1, -0.05) is 0 Å². The Hall–Kier alpha value is -1.59. The number of rotatable bonds is 3. The van der Waals surface area contributed by atoms with Gasteiger partial charge in [0.05, 0.1) is 12.5 Å². The van der Waals surface area contributed by atoms with Gasteiger partial charge in [-0.25, -0.2) is 4.39 Å². The second-order valence-electron chi connectivity index (χ2n) is 5.55. The lowest BCUT2D eigenvalue weighted by Crippen LogP contribution is -2.40. The zero-order valence-electron chi connectivity index (χ0n) is 12.4. The highest BCUT2D eigenvalue weighted by atomic mass is 35.5. The van der Waals surface area contributed by atoms with E-state index in [9.17, 15) is 9.18 Å². The van der Waals surface area contributed by atoms with Crippen molar-refractivity contribution in [3.05, 3.63) is 35.3 Å². The number of benzene rings is 1. The van der Waals surface area contributed by atoms with Gasteiger partial charge in [-0.3, -0.25) is 4.79 Å². The summed E-state index contributed by atoms with van der Waals surface area (Å²) in [5.41, 5.74) is 1.53. The molecule has 0 saturated carbocycles. The summed E-state index contributed by atoms with van der Waals surface area (Å²) in [4.78, 5) is 12.1. The maximum atomic E-state index is 13.3. The number of piperidine rings is 1. The second kappa shape index (κ2) is 7.11. The lowest BCUT2D eigenvalue weighted by molar-refractivity contribution is -0.125. The van der Waals surface area contributed by atoms with E-state index >= 15 is 0 Å².